The Morgan fingerprint density at radius 2 is 2.04 bits per heavy atom. The van der Waals surface area contributed by atoms with Gasteiger partial charge in [-0.2, -0.15) is 0 Å². The molecule has 0 saturated heterocycles. The number of H-pyrrole nitrogens is 1. The molecular formula is C20H23N5O2S. The number of carbonyl (C=O) groups is 1. The number of anilines is 1. The van der Waals surface area contributed by atoms with Crippen molar-refractivity contribution in [2.75, 3.05) is 5.32 Å². The van der Waals surface area contributed by atoms with Gasteiger partial charge in [0, 0.05) is 29.0 Å². The molecule has 0 saturated carbocycles. The number of rotatable bonds is 6. The maximum Gasteiger partial charge on any atom is 0.257 e. The molecule has 1 amide bonds. The molecule has 0 aliphatic carbocycles. The van der Waals surface area contributed by atoms with Crippen molar-refractivity contribution in [3.05, 3.63) is 52.0 Å². The highest BCUT2D eigenvalue weighted by atomic mass is 32.1. The monoisotopic (exact) mass is 397 g/mol. The SMILES string of the molecule is CCc1[nH]c(=O)c(-c2csc(-c3ccncc3)n2)cc1NC(=O)C(N)C(C)C. The maximum absolute atomic E-state index is 12.6. The number of carbonyl (C=O) groups excluding carboxylic acids is 1. The molecule has 0 spiro atoms. The molecule has 1 unspecified atom stereocenters. The smallest absolute Gasteiger partial charge is 0.257 e. The molecular weight excluding hydrogens is 374 g/mol. The molecule has 0 aliphatic heterocycles. The number of nitrogens with two attached hydrogens (primary N) is 1. The number of hydrogen-bond acceptors (Lipinski definition) is 6. The zero-order valence-corrected chi connectivity index (χ0v) is 16.8. The molecule has 0 radical (unpaired) electrons. The highest BCUT2D eigenvalue weighted by Crippen LogP contribution is 2.28. The predicted molar refractivity (Wildman–Crippen MR) is 112 cm³/mol. The van der Waals surface area contributed by atoms with Gasteiger partial charge in [-0.3, -0.25) is 14.6 Å². The predicted octanol–water partition coefficient (Wildman–Crippen LogP) is 3.04. The summed E-state index contributed by atoms with van der Waals surface area (Å²) < 4.78 is 0. The van der Waals surface area contributed by atoms with E-state index in [0.29, 0.717) is 29.1 Å². The normalized spacial score (nSPS) is 12.2. The Morgan fingerprint density at radius 1 is 1.32 bits per heavy atom. The van der Waals surface area contributed by atoms with Crippen LogP contribution >= 0.6 is 11.3 Å². The van der Waals surface area contributed by atoms with Crippen LogP contribution in [0, 0.1) is 5.92 Å². The summed E-state index contributed by atoms with van der Waals surface area (Å²) >= 11 is 1.45. The first kappa shape index (κ1) is 19.9. The Balaban J connectivity index is 1.97. The van der Waals surface area contributed by atoms with Gasteiger partial charge in [0.05, 0.1) is 23.0 Å². The van der Waals surface area contributed by atoms with E-state index < -0.39 is 6.04 Å². The van der Waals surface area contributed by atoms with Gasteiger partial charge in [-0.05, 0) is 30.5 Å². The molecule has 3 aromatic rings. The van der Waals surface area contributed by atoms with Gasteiger partial charge in [-0.1, -0.05) is 20.8 Å². The van der Waals surface area contributed by atoms with E-state index in [4.69, 9.17) is 5.73 Å². The lowest BCUT2D eigenvalue weighted by Crippen LogP contribution is -2.40. The van der Waals surface area contributed by atoms with E-state index in [1.54, 1.807) is 18.5 Å². The number of nitrogens with one attached hydrogen (secondary N) is 2. The Morgan fingerprint density at radius 3 is 2.68 bits per heavy atom. The first-order valence-electron chi connectivity index (χ1n) is 9.09. The van der Waals surface area contributed by atoms with Crippen molar-refractivity contribution in [2.45, 2.75) is 33.2 Å². The van der Waals surface area contributed by atoms with Crippen LogP contribution in [0.25, 0.3) is 21.8 Å². The Hall–Kier alpha value is -2.84. The molecule has 0 fully saturated rings. The standard InChI is InChI=1S/C20H23N5O2S/c1-4-14-15(24-19(27)17(21)11(2)3)9-13(18(26)23-14)16-10-28-20(25-16)12-5-7-22-8-6-12/h5-11,17H,4,21H2,1-3H3,(H,23,26)(H,24,27). The molecule has 0 aromatic carbocycles. The summed E-state index contributed by atoms with van der Waals surface area (Å²) in [6, 6.07) is 4.78. The number of aromatic amines is 1. The average molecular weight is 398 g/mol. The minimum Gasteiger partial charge on any atom is -0.324 e. The van der Waals surface area contributed by atoms with E-state index in [0.717, 1.165) is 10.6 Å². The maximum atomic E-state index is 12.6. The molecule has 3 aromatic heterocycles. The van der Waals surface area contributed by atoms with Crippen LogP contribution < -0.4 is 16.6 Å². The largest absolute Gasteiger partial charge is 0.324 e. The molecule has 0 aliphatic rings. The van der Waals surface area contributed by atoms with Crippen molar-refractivity contribution in [3.63, 3.8) is 0 Å². The molecule has 7 nitrogen and oxygen atoms in total. The first-order chi connectivity index (χ1) is 13.4. The third-order valence-corrected chi connectivity index (χ3v) is 5.35. The molecule has 3 heterocycles. The number of amides is 1. The lowest BCUT2D eigenvalue weighted by molar-refractivity contribution is -0.118. The second kappa shape index (κ2) is 8.45. The summed E-state index contributed by atoms with van der Waals surface area (Å²) in [4.78, 5) is 36.4. The third-order valence-electron chi connectivity index (χ3n) is 4.46. The van der Waals surface area contributed by atoms with Crippen molar-refractivity contribution in [1.82, 2.24) is 15.0 Å². The van der Waals surface area contributed by atoms with E-state index in [1.807, 2.05) is 38.3 Å². The number of aryl methyl sites for hydroxylation is 1. The number of pyridine rings is 2. The molecule has 146 valence electrons. The van der Waals surface area contributed by atoms with E-state index >= 15 is 0 Å². The number of thiazole rings is 1. The molecule has 1 atom stereocenters. The second-order valence-corrected chi connectivity index (χ2v) is 7.65. The zero-order valence-electron chi connectivity index (χ0n) is 16.0. The van der Waals surface area contributed by atoms with Crippen LogP contribution in [0.1, 0.15) is 26.5 Å². The fourth-order valence-corrected chi connectivity index (χ4v) is 3.52. The Kier molecular flexibility index (Phi) is 6.01. The van der Waals surface area contributed by atoms with Gasteiger partial charge >= 0.3 is 0 Å². The van der Waals surface area contributed by atoms with Crippen molar-refractivity contribution in [2.24, 2.45) is 11.7 Å². The summed E-state index contributed by atoms with van der Waals surface area (Å²) in [5, 5.41) is 5.48. The fraction of sp³-hybridized carbons (Fsp3) is 0.300. The van der Waals surface area contributed by atoms with Crippen molar-refractivity contribution in [3.8, 4) is 21.8 Å². The fourth-order valence-electron chi connectivity index (χ4n) is 2.69. The minimum absolute atomic E-state index is 0.00812. The molecule has 3 rings (SSSR count). The van der Waals surface area contributed by atoms with Crippen LogP contribution in [-0.4, -0.2) is 26.9 Å². The van der Waals surface area contributed by atoms with Gasteiger partial charge in [0.25, 0.3) is 5.56 Å². The molecule has 4 N–H and O–H groups in total. The van der Waals surface area contributed by atoms with Gasteiger partial charge in [-0.25, -0.2) is 4.98 Å². The van der Waals surface area contributed by atoms with Gasteiger partial charge in [-0.15, -0.1) is 11.3 Å². The summed E-state index contributed by atoms with van der Waals surface area (Å²) in [6.07, 6.45) is 3.97. The van der Waals surface area contributed by atoms with Crippen LogP contribution in [0.15, 0.2) is 40.8 Å². The van der Waals surface area contributed by atoms with Crippen molar-refractivity contribution >= 4 is 22.9 Å². The van der Waals surface area contributed by atoms with Crippen LogP contribution in [0.3, 0.4) is 0 Å². The number of nitrogens with zero attached hydrogens (tertiary/aromatic N) is 2. The molecule has 8 heteroatoms. The van der Waals surface area contributed by atoms with Gasteiger partial charge in [0.2, 0.25) is 5.91 Å². The topological polar surface area (TPSA) is 114 Å². The van der Waals surface area contributed by atoms with Gasteiger partial charge in [0.1, 0.15) is 5.01 Å². The van der Waals surface area contributed by atoms with Crippen LogP contribution in [-0.2, 0) is 11.2 Å². The van der Waals surface area contributed by atoms with E-state index in [-0.39, 0.29) is 17.4 Å². The second-order valence-electron chi connectivity index (χ2n) is 6.79. The first-order valence-corrected chi connectivity index (χ1v) is 9.97. The minimum atomic E-state index is -0.627. The quantitative estimate of drug-likeness (QED) is 0.591. The van der Waals surface area contributed by atoms with Crippen LogP contribution in [0.2, 0.25) is 0 Å². The molecule has 28 heavy (non-hydrogen) atoms. The van der Waals surface area contributed by atoms with E-state index in [2.05, 4.69) is 20.3 Å². The Labute approximate surface area is 167 Å². The average Bonchev–Trinajstić information content (AvgIpc) is 3.18. The lowest BCUT2D eigenvalue weighted by atomic mass is 10.0. The van der Waals surface area contributed by atoms with Gasteiger partial charge < -0.3 is 16.0 Å². The molecule has 0 bridgehead atoms. The van der Waals surface area contributed by atoms with Crippen LogP contribution in [0.5, 0.6) is 0 Å². The number of aromatic nitrogens is 3. The zero-order chi connectivity index (χ0) is 20.3. The van der Waals surface area contributed by atoms with E-state index in [9.17, 15) is 9.59 Å². The van der Waals surface area contributed by atoms with Gasteiger partial charge in [0.15, 0.2) is 0 Å². The lowest BCUT2D eigenvalue weighted by Gasteiger charge is -2.17. The summed E-state index contributed by atoms with van der Waals surface area (Å²) in [5.41, 5.74) is 8.81. The van der Waals surface area contributed by atoms with Crippen LogP contribution in [0.4, 0.5) is 5.69 Å². The summed E-state index contributed by atoms with van der Waals surface area (Å²) in [7, 11) is 0. The summed E-state index contributed by atoms with van der Waals surface area (Å²) in [5.74, 6) is -0.271. The summed E-state index contributed by atoms with van der Waals surface area (Å²) in [6.45, 7) is 5.69. The van der Waals surface area contributed by atoms with Crippen molar-refractivity contribution in [1.29, 1.82) is 0 Å². The van der Waals surface area contributed by atoms with Crippen molar-refractivity contribution < 1.29 is 4.79 Å². The third kappa shape index (κ3) is 4.18. The number of hydrogen-bond donors (Lipinski definition) is 3. The highest BCUT2D eigenvalue weighted by Gasteiger charge is 2.20. The highest BCUT2D eigenvalue weighted by molar-refractivity contribution is 7.13. The Bertz CT molecular complexity index is 1030. The van der Waals surface area contributed by atoms with E-state index in [1.165, 1.54) is 11.3 Å².